The van der Waals surface area contributed by atoms with Gasteiger partial charge in [0.2, 0.25) is 0 Å². The third kappa shape index (κ3) is 2.44. The molecule has 0 aliphatic carbocycles. The number of nitrogens with zero attached hydrogens (tertiary/aromatic N) is 2. The lowest BCUT2D eigenvalue weighted by Crippen LogP contribution is -1.78. The molecule has 0 radical (unpaired) electrons. The van der Waals surface area contributed by atoms with Gasteiger partial charge >= 0.3 is 0 Å². The molecule has 128 valence electrons. The topological polar surface area (TPSA) is 106 Å². The number of fused-ring (bicyclic) bond motifs is 2. The molecular formula is C20H14N2O4. The van der Waals surface area contributed by atoms with E-state index in [-0.39, 0.29) is 34.4 Å². The van der Waals surface area contributed by atoms with Gasteiger partial charge in [-0.3, -0.25) is 0 Å². The number of hydrogen-bond acceptors (Lipinski definition) is 6. The van der Waals surface area contributed by atoms with Crippen LogP contribution in [-0.4, -0.2) is 20.4 Å². The lowest BCUT2D eigenvalue weighted by Gasteiger charge is -2.08. The smallest absolute Gasteiger partial charge is 0.170 e. The first-order valence-electron chi connectivity index (χ1n) is 7.85. The van der Waals surface area contributed by atoms with Crippen LogP contribution in [0.25, 0.3) is 21.5 Å². The molecule has 0 atom stereocenters. The summed E-state index contributed by atoms with van der Waals surface area (Å²) in [5, 5.41) is 51.1. The minimum Gasteiger partial charge on any atom is -0.505 e. The SMILES string of the molecule is Oc1cc2ccccc2c(O)c1N=Nc1c(O)cc2ccccc2c1O. The Bertz CT molecular complexity index is 1090. The highest BCUT2D eigenvalue weighted by Gasteiger charge is 2.15. The summed E-state index contributed by atoms with van der Waals surface area (Å²) in [7, 11) is 0. The maximum atomic E-state index is 10.4. The van der Waals surface area contributed by atoms with Gasteiger partial charge in [-0.2, -0.15) is 0 Å². The largest absolute Gasteiger partial charge is 0.505 e. The van der Waals surface area contributed by atoms with Crippen molar-refractivity contribution in [2.75, 3.05) is 0 Å². The molecule has 6 nitrogen and oxygen atoms in total. The Morgan fingerprint density at radius 2 is 0.923 bits per heavy atom. The van der Waals surface area contributed by atoms with Gasteiger partial charge in [-0.05, 0) is 22.9 Å². The number of phenolic OH excluding ortho intramolecular Hbond substituents is 4. The zero-order valence-electron chi connectivity index (χ0n) is 13.5. The molecule has 4 N–H and O–H groups in total. The van der Waals surface area contributed by atoms with Crippen molar-refractivity contribution in [2.45, 2.75) is 0 Å². The summed E-state index contributed by atoms with van der Waals surface area (Å²) in [4.78, 5) is 0. The molecule has 26 heavy (non-hydrogen) atoms. The summed E-state index contributed by atoms with van der Waals surface area (Å²) >= 11 is 0. The summed E-state index contributed by atoms with van der Waals surface area (Å²) in [5.41, 5.74) is -0.286. The summed E-state index contributed by atoms with van der Waals surface area (Å²) in [6.45, 7) is 0. The van der Waals surface area contributed by atoms with E-state index in [0.717, 1.165) is 0 Å². The first-order chi connectivity index (χ1) is 12.6. The Hall–Kier alpha value is -3.80. The summed E-state index contributed by atoms with van der Waals surface area (Å²) in [6.07, 6.45) is 0. The third-order valence-electron chi connectivity index (χ3n) is 4.20. The Balaban J connectivity index is 1.87. The normalized spacial score (nSPS) is 11.5. The van der Waals surface area contributed by atoms with Gasteiger partial charge < -0.3 is 20.4 Å². The zero-order chi connectivity index (χ0) is 18.3. The number of azo groups is 1. The molecule has 0 fully saturated rings. The Morgan fingerprint density at radius 1 is 0.538 bits per heavy atom. The maximum absolute atomic E-state index is 10.4. The van der Waals surface area contributed by atoms with E-state index < -0.39 is 0 Å². The monoisotopic (exact) mass is 346 g/mol. The molecule has 0 aromatic heterocycles. The van der Waals surface area contributed by atoms with Crippen molar-refractivity contribution in [3.63, 3.8) is 0 Å². The van der Waals surface area contributed by atoms with Crippen LogP contribution in [0.15, 0.2) is 70.9 Å². The van der Waals surface area contributed by atoms with Crippen LogP contribution < -0.4 is 0 Å². The van der Waals surface area contributed by atoms with Gasteiger partial charge in [-0.25, -0.2) is 0 Å². The average Bonchev–Trinajstić information content (AvgIpc) is 2.64. The van der Waals surface area contributed by atoms with Crippen LogP contribution >= 0.6 is 0 Å². The highest BCUT2D eigenvalue weighted by Crippen LogP contribution is 2.46. The van der Waals surface area contributed by atoms with Gasteiger partial charge in [0.1, 0.15) is 11.5 Å². The fourth-order valence-corrected chi connectivity index (χ4v) is 2.90. The highest BCUT2D eigenvalue weighted by molar-refractivity contribution is 5.96. The van der Waals surface area contributed by atoms with Crippen molar-refractivity contribution in [3.05, 3.63) is 60.7 Å². The van der Waals surface area contributed by atoms with Gasteiger partial charge in [0.25, 0.3) is 0 Å². The molecule has 0 spiro atoms. The first-order valence-corrected chi connectivity index (χ1v) is 7.85. The van der Waals surface area contributed by atoms with Gasteiger partial charge in [-0.15, -0.1) is 10.2 Å². The molecule has 6 heteroatoms. The highest BCUT2D eigenvalue weighted by atomic mass is 16.3. The summed E-state index contributed by atoms with van der Waals surface area (Å²) < 4.78 is 0. The maximum Gasteiger partial charge on any atom is 0.170 e. The second-order valence-electron chi connectivity index (χ2n) is 5.83. The van der Waals surface area contributed by atoms with Crippen molar-refractivity contribution in [1.82, 2.24) is 0 Å². The quantitative estimate of drug-likeness (QED) is 0.373. The summed E-state index contributed by atoms with van der Waals surface area (Å²) in [5.74, 6) is -0.984. The molecule has 0 amide bonds. The second kappa shape index (κ2) is 5.93. The molecule has 0 saturated carbocycles. The minimum atomic E-state index is -0.260. The molecule has 0 aliphatic rings. The molecule has 4 rings (SSSR count). The van der Waals surface area contributed by atoms with Crippen molar-refractivity contribution in [3.8, 4) is 23.0 Å². The second-order valence-corrected chi connectivity index (χ2v) is 5.83. The number of benzene rings is 4. The standard InChI is InChI=1S/C20H14N2O4/c23-15-9-11-5-1-3-7-13(11)19(25)17(15)21-22-18-16(24)10-12-6-2-4-8-14(12)20(18)26/h1-10,23-26H. The van der Waals surface area contributed by atoms with E-state index in [2.05, 4.69) is 10.2 Å². The number of aromatic hydroxyl groups is 4. The van der Waals surface area contributed by atoms with Crippen molar-refractivity contribution < 1.29 is 20.4 Å². The van der Waals surface area contributed by atoms with E-state index in [0.29, 0.717) is 21.5 Å². The average molecular weight is 346 g/mol. The summed E-state index contributed by atoms with van der Waals surface area (Å²) in [6, 6.07) is 16.9. The predicted molar refractivity (Wildman–Crippen MR) is 98.7 cm³/mol. The predicted octanol–water partition coefficient (Wildman–Crippen LogP) is 5.23. The van der Waals surface area contributed by atoms with E-state index in [1.165, 1.54) is 12.1 Å². The molecule has 0 aliphatic heterocycles. The Kier molecular flexibility index (Phi) is 3.58. The van der Waals surface area contributed by atoms with Crippen LogP contribution in [0.3, 0.4) is 0 Å². The zero-order valence-corrected chi connectivity index (χ0v) is 13.5. The third-order valence-corrected chi connectivity index (χ3v) is 4.20. The van der Waals surface area contributed by atoms with Crippen LogP contribution in [0.2, 0.25) is 0 Å². The van der Waals surface area contributed by atoms with E-state index in [9.17, 15) is 20.4 Å². The van der Waals surface area contributed by atoms with Gasteiger partial charge in [0.05, 0.1) is 0 Å². The molecule has 0 unspecified atom stereocenters. The molecule has 0 bridgehead atoms. The fraction of sp³-hybridized carbons (Fsp3) is 0. The van der Waals surface area contributed by atoms with E-state index in [4.69, 9.17) is 0 Å². The fourth-order valence-electron chi connectivity index (χ4n) is 2.90. The van der Waals surface area contributed by atoms with E-state index in [1.54, 1.807) is 48.5 Å². The van der Waals surface area contributed by atoms with Gasteiger partial charge in [0.15, 0.2) is 22.9 Å². The first kappa shape index (κ1) is 15.7. The van der Waals surface area contributed by atoms with Gasteiger partial charge in [0, 0.05) is 10.8 Å². The van der Waals surface area contributed by atoms with E-state index in [1.807, 2.05) is 0 Å². The molecule has 0 heterocycles. The number of hydrogen-bond donors (Lipinski definition) is 4. The number of rotatable bonds is 2. The van der Waals surface area contributed by atoms with Crippen LogP contribution in [0.4, 0.5) is 11.4 Å². The van der Waals surface area contributed by atoms with Crippen LogP contribution in [-0.2, 0) is 0 Å². The Labute approximate surface area is 147 Å². The minimum absolute atomic E-state index is 0.143. The molecular weight excluding hydrogens is 332 g/mol. The van der Waals surface area contributed by atoms with Crippen molar-refractivity contribution in [1.29, 1.82) is 0 Å². The van der Waals surface area contributed by atoms with Crippen LogP contribution in [0.1, 0.15) is 0 Å². The van der Waals surface area contributed by atoms with Crippen molar-refractivity contribution >= 4 is 32.9 Å². The number of phenols is 4. The molecule has 4 aromatic rings. The molecule has 0 saturated heterocycles. The van der Waals surface area contributed by atoms with Gasteiger partial charge in [-0.1, -0.05) is 48.5 Å². The lowest BCUT2D eigenvalue weighted by molar-refractivity contribution is 0.452. The van der Waals surface area contributed by atoms with Crippen LogP contribution in [0, 0.1) is 0 Å². The van der Waals surface area contributed by atoms with E-state index >= 15 is 0 Å². The molecule has 4 aromatic carbocycles. The Morgan fingerprint density at radius 3 is 1.35 bits per heavy atom. The lowest BCUT2D eigenvalue weighted by atomic mass is 10.1. The van der Waals surface area contributed by atoms with Crippen LogP contribution in [0.5, 0.6) is 23.0 Å². The van der Waals surface area contributed by atoms with Crippen molar-refractivity contribution in [2.24, 2.45) is 10.2 Å².